The molecule has 0 aliphatic carbocycles. The third kappa shape index (κ3) is 6.82. The summed E-state index contributed by atoms with van der Waals surface area (Å²) in [5.41, 5.74) is 2.36. The van der Waals surface area contributed by atoms with Gasteiger partial charge in [0.25, 0.3) is 0 Å². The molecule has 1 N–H and O–H groups in total. The van der Waals surface area contributed by atoms with Crippen molar-refractivity contribution < 1.29 is 9.47 Å². The van der Waals surface area contributed by atoms with Crippen LogP contribution in [0.15, 0.2) is 18.2 Å². The highest BCUT2D eigenvalue weighted by Crippen LogP contribution is 2.29. The highest BCUT2D eigenvalue weighted by molar-refractivity contribution is 5.59. The van der Waals surface area contributed by atoms with Gasteiger partial charge in [-0.05, 0) is 51.4 Å². The standard InChI is InChI=1S/C17H30N2O2/c1-6-20-11-7-10-18-13-15-8-9-16(19(4)5)17(12-15)21-14(2)3/h8-9,12,14,18H,6-7,10-11,13H2,1-5H3. The second-order valence-electron chi connectivity index (χ2n) is 5.59. The number of nitrogens with one attached hydrogen (secondary N) is 1. The Bertz CT molecular complexity index is 406. The average molecular weight is 294 g/mol. The fraction of sp³-hybridized carbons (Fsp3) is 0.647. The van der Waals surface area contributed by atoms with Gasteiger partial charge in [-0.15, -0.1) is 0 Å². The summed E-state index contributed by atoms with van der Waals surface area (Å²) in [5, 5.41) is 3.44. The van der Waals surface area contributed by atoms with Crippen LogP contribution in [0.3, 0.4) is 0 Å². The predicted molar refractivity (Wildman–Crippen MR) is 89.3 cm³/mol. The average Bonchev–Trinajstić information content (AvgIpc) is 2.42. The largest absolute Gasteiger partial charge is 0.489 e. The van der Waals surface area contributed by atoms with Gasteiger partial charge in [-0.2, -0.15) is 0 Å². The molecule has 0 spiro atoms. The monoisotopic (exact) mass is 294 g/mol. The van der Waals surface area contributed by atoms with Gasteiger partial charge >= 0.3 is 0 Å². The normalized spacial score (nSPS) is 11.0. The van der Waals surface area contributed by atoms with Crippen molar-refractivity contribution in [2.24, 2.45) is 0 Å². The zero-order valence-electron chi connectivity index (χ0n) is 14.1. The highest BCUT2D eigenvalue weighted by atomic mass is 16.5. The second kappa shape index (κ2) is 9.64. The van der Waals surface area contributed by atoms with Gasteiger partial charge in [0.1, 0.15) is 5.75 Å². The number of nitrogens with zero attached hydrogens (tertiary/aromatic N) is 1. The van der Waals surface area contributed by atoms with E-state index in [-0.39, 0.29) is 6.10 Å². The maximum atomic E-state index is 5.92. The zero-order valence-corrected chi connectivity index (χ0v) is 14.1. The van der Waals surface area contributed by atoms with Crippen molar-refractivity contribution >= 4 is 5.69 Å². The number of hydrogen-bond acceptors (Lipinski definition) is 4. The summed E-state index contributed by atoms with van der Waals surface area (Å²) < 4.78 is 11.2. The van der Waals surface area contributed by atoms with Crippen LogP contribution < -0.4 is 15.0 Å². The minimum atomic E-state index is 0.179. The van der Waals surface area contributed by atoms with Crippen molar-refractivity contribution in [3.8, 4) is 5.75 Å². The molecule has 0 aliphatic heterocycles. The van der Waals surface area contributed by atoms with Gasteiger partial charge in [0.2, 0.25) is 0 Å². The number of ether oxygens (including phenoxy) is 2. The smallest absolute Gasteiger partial charge is 0.143 e. The van der Waals surface area contributed by atoms with Crippen molar-refractivity contribution in [3.05, 3.63) is 23.8 Å². The molecule has 120 valence electrons. The number of anilines is 1. The molecular weight excluding hydrogens is 264 g/mol. The zero-order chi connectivity index (χ0) is 15.7. The Labute approximate surface area is 129 Å². The molecule has 0 saturated heterocycles. The summed E-state index contributed by atoms with van der Waals surface area (Å²) in [5.74, 6) is 0.948. The predicted octanol–water partition coefficient (Wildman–Crippen LogP) is 3.06. The first-order chi connectivity index (χ1) is 10.0. The lowest BCUT2D eigenvalue weighted by molar-refractivity contribution is 0.144. The number of rotatable bonds is 10. The van der Waals surface area contributed by atoms with Crippen molar-refractivity contribution in [2.75, 3.05) is 38.8 Å². The van der Waals surface area contributed by atoms with E-state index in [0.717, 1.165) is 44.2 Å². The Morgan fingerprint density at radius 1 is 1.24 bits per heavy atom. The van der Waals surface area contributed by atoms with E-state index in [9.17, 15) is 0 Å². The van der Waals surface area contributed by atoms with Crippen molar-refractivity contribution in [1.29, 1.82) is 0 Å². The highest BCUT2D eigenvalue weighted by Gasteiger charge is 2.08. The van der Waals surface area contributed by atoms with Crippen LogP contribution in [0.1, 0.15) is 32.8 Å². The van der Waals surface area contributed by atoms with Gasteiger partial charge in [-0.1, -0.05) is 6.07 Å². The third-order valence-corrected chi connectivity index (χ3v) is 3.04. The maximum Gasteiger partial charge on any atom is 0.143 e. The van der Waals surface area contributed by atoms with Crippen LogP contribution in [-0.4, -0.2) is 40.0 Å². The Balaban J connectivity index is 2.55. The van der Waals surface area contributed by atoms with Gasteiger partial charge in [0, 0.05) is 33.9 Å². The van der Waals surface area contributed by atoms with E-state index in [0.29, 0.717) is 0 Å². The lowest BCUT2D eigenvalue weighted by Crippen LogP contribution is -2.17. The first-order valence-corrected chi connectivity index (χ1v) is 7.80. The van der Waals surface area contributed by atoms with Crippen LogP contribution in [0, 0.1) is 0 Å². The Morgan fingerprint density at radius 2 is 2.00 bits per heavy atom. The first kappa shape index (κ1) is 17.8. The molecule has 4 heteroatoms. The van der Waals surface area contributed by atoms with E-state index in [1.807, 2.05) is 21.0 Å². The molecule has 0 radical (unpaired) electrons. The first-order valence-electron chi connectivity index (χ1n) is 7.80. The molecule has 0 aliphatic rings. The molecule has 4 nitrogen and oxygen atoms in total. The number of benzene rings is 1. The molecule has 0 bridgehead atoms. The summed E-state index contributed by atoms with van der Waals surface area (Å²) in [6.07, 6.45) is 1.22. The Hall–Kier alpha value is -1.26. The van der Waals surface area contributed by atoms with Gasteiger partial charge < -0.3 is 19.7 Å². The fourth-order valence-corrected chi connectivity index (χ4v) is 2.06. The quantitative estimate of drug-likeness (QED) is 0.673. The topological polar surface area (TPSA) is 33.7 Å². The second-order valence-corrected chi connectivity index (χ2v) is 5.59. The molecule has 21 heavy (non-hydrogen) atoms. The van der Waals surface area contributed by atoms with Crippen molar-refractivity contribution in [3.63, 3.8) is 0 Å². The Morgan fingerprint density at radius 3 is 2.62 bits per heavy atom. The van der Waals surface area contributed by atoms with E-state index < -0.39 is 0 Å². The maximum absolute atomic E-state index is 5.92. The molecule has 0 saturated carbocycles. The van der Waals surface area contributed by atoms with Crippen LogP contribution in [0.4, 0.5) is 5.69 Å². The summed E-state index contributed by atoms with van der Waals surface area (Å²) in [6.45, 7) is 9.57. The van der Waals surface area contributed by atoms with Crippen LogP contribution in [0.5, 0.6) is 5.75 Å². The van der Waals surface area contributed by atoms with E-state index in [4.69, 9.17) is 9.47 Å². The molecule has 0 amide bonds. The summed E-state index contributed by atoms with van der Waals surface area (Å²) in [7, 11) is 4.07. The SMILES string of the molecule is CCOCCCNCc1ccc(N(C)C)c(OC(C)C)c1. The molecule has 0 aromatic heterocycles. The van der Waals surface area contributed by atoms with Crippen molar-refractivity contribution in [2.45, 2.75) is 39.8 Å². The minimum absolute atomic E-state index is 0.179. The molecular formula is C17H30N2O2. The van der Waals surface area contributed by atoms with Gasteiger partial charge in [0.15, 0.2) is 0 Å². The summed E-state index contributed by atoms with van der Waals surface area (Å²) >= 11 is 0. The molecule has 0 heterocycles. The van der Waals surface area contributed by atoms with E-state index >= 15 is 0 Å². The number of hydrogen-bond donors (Lipinski definition) is 1. The van der Waals surface area contributed by atoms with Crippen molar-refractivity contribution in [1.82, 2.24) is 5.32 Å². The third-order valence-electron chi connectivity index (χ3n) is 3.04. The van der Waals surface area contributed by atoms with Crippen LogP contribution in [0.25, 0.3) is 0 Å². The Kier molecular flexibility index (Phi) is 8.16. The van der Waals surface area contributed by atoms with E-state index in [1.54, 1.807) is 0 Å². The summed E-state index contributed by atoms with van der Waals surface area (Å²) in [4.78, 5) is 2.08. The molecule has 0 atom stereocenters. The molecule has 1 aromatic rings. The van der Waals surface area contributed by atoms with Crippen LogP contribution in [0.2, 0.25) is 0 Å². The molecule has 0 unspecified atom stereocenters. The van der Waals surface area contributed by atoms with Gasteiger partial charge in [-0.3, -0.25) is 0 Å². The van der Waals surface area contributed by atoms with E-state index in [2.05, 4.69) is 42.3 Å². The minimum Gasteiger partial charge on any atom is -0.489 e. The summed E-state index contributed by atoms with van der Waals surface area (Å²) in [6, 6.07) is 6.40. The van der Waals surface area contributed by atoms with Gasteiger partial charge in [0.05, 0.1) is 11.8 Å². The lowest BCUT2D eigenvalue weighted by atomic mass is 10.1. The van der Waals surface area contributed by atoms with Crippen LogP contribution >= 0.6 is 0 Å². The molecule has 0 fully saturated rings. The van der Waals surface area contributed by atoms with Gasteiger partial charge in [-0.25, -0.2) is 0 Å². The molecule has 1 rings (SSSR count). The fourth-order valence-electron chi connectivity index (χ4n) is 2.06. The lowest BCUT2D eigenvalue weighted by Gasteiger charge is -2.20. The van der Waals surface area contributed by atoms with E-state index in [1.165, 1.54) is 5.56 Å². The van der Waals surface area contributed by atoms with Crippen LogP contribution in [-0.2, 0) is 11.3 Å². The molecule has 1 aromatic carbocycles.